The first-order valence-electron chi connectivity index (χ1n) is 5.21. The normalized spacial score (nSPS) is 11.0. The molecule has 1 N–H and O–H groups in total. The van der Waals surface area contributed by atoms with E-state index in [1.54, 1.807) is 6.07 Å². The molecule has 0 aliphatic rings. The van der Waals surface area contributed by atoms with Gasteiger partial charge in [-0.3, -0.25) is 4.72 Å². The van der Waals surface area contributed by atoms with Gasteiger partial charge in [0.2, 0.25) is 0 Å². The standard InChI is InChI=1S/C12H9ClN2O2S2/c1-8-2-5-12(18-8)19(16,17)15-11-6-9(7-14)3-4-10(11)13/h2-6,15H,1H3. The highest BCUT2D eigenvalue weighted by Crippen LogP contribution is 2.28. The highest BCUT2D eigenvalue weighted by atomic mass is 35.5. The van der Waals surface area contributed by atoms with Gasteiger partial charge in [-0.25, -0.2) is 8.42 Å². The van der Waals surface area contributed by atoms with Gasteiger partial charge in [-0.05, 0) is 37.3 Å². The maximum absolute atomic E-state index is 12.1. The van der Waals surface area contributed by atoms with Gasteiger partial charge in [0.05, 0.1) is 22.3 Å². The van der Waals surface area contributed by atoms with Crippen LogP contribution >= 0.6 is 22.9 Å². The molecule has 2 aromatic rings. The average molecular weight is 313 g/mol. The molecular weight excluding hydrogens is 304 g/mol. The predicted molar refractivity (Wildman–Crippen MR) is 76.0 cm³/mol. The average Bonchev–Trinajstić information content (AvgIpc) is 2.79. The third-order valence-corrected chi connectivity index (χ3v) is 5.51. The third-order valence-electron chi connectivity index (χ3n) is 2.32. The summed E-state index contributed by atoms with van der Waals surface area (Å²) in [5, 5.41) is 9.05. The first-order valence-corrected chi connectivity index (χ1v) is 7.89. The van der Waals surface area contributed by atoms with Crippen LogP contribution < -0.4 is 4.72 Å². The smallest absolute Gasteiger partial charge is 0.271 e. The minimum Gasteiger partial charge on any atom is -0.277 e. The first-order chi connectivity index (χ1) is 8.92. The molecule has 7 heteroatoms. The Morgan fingerprint density at radius 1 is 1.32 bits per heavy atom. The number of nitrogens with one attached hydrogen (secondary N) is 1. The second kappa shape index (κ2) is 5.21. The molecule has 1 heterocycles. The third kappa shape index (κ3) is 3.07. The van der Waals surface area contributed by atoms with E-state index in [9.17, 15) is 8.42 Å². The SMILES string of the molecule is Cc1ccc(S(=O)(=O)Nc2cc(C#N)ccc2Cl)s1. The summed E-state index contributed by atoms with van der Waals surface area (Å²) in [6, 6.07) is 9.60. The van der Waals surface area contributed by atoms with Gasteiger partial charge in [0, 0.05) is 4.88 Å². The first kappa shape index (κ1) is 13.9. The summed E-state index contributed by atoms with van der Waals surface area (Å²) in [6.07, 6.45) is 0. The van der Waals surface area contributed by atoms with E-state index in [0.717, 1.165) is 4.88 Å². The molecule has 0 unspecified atom stereocenters. The molecular formula is C12H9ClN2O2S2. The quantitative estimate of drug-likeness (QED) is 0.944. The van der Waals surface area contributed by atoms with Gasteiger partial charge in [-0.1, -0.05) is 11.6 Å². The lowest BCUT2D eigenvalue weighted by molar-refractivity contribution is 0.603. The molecule has 0 aliphatic heterocycles. The molecule has 98 valence electrons. The molecule has 0 spiro atoms. The zero-order valence-electron chi connectivity index (χ0n) is 9.84. The van der Waals surface area contributed by atoms with Crippen molar-refractivity contribution >= 4 is 38.6 Å². The van der Waals surface area contributed by atoms with Crippen LogP contribution in [0.2, 0.25) is 5.02 Å². The number of rotatable bonds is 3. The van der Waals surface area contributed by atoms with Crippen molar-refractivity contribution < 1.29 is 8.42 Å². The monoisotopic (exact) mass is 312 g/mol. The minimum atomic E-state index is -3.67. The topological polar surface area (TPSA) is 70.0 Å². The molecule has 0 fully saturated rings. The molecule has 19 heavy (non-hydrogen) atoms. The van der Waals surface area contributed by atoms with Crippen molar-refractivity contribution in [2.45, 2.75) is 11.1 Å². The van der Waals surface area contributed by atoms with Crippen LogP contribution in [-0.2, 0) is 10.0 Å². The zero-order chi connectivity index (χ0) is 14.0. The lowest BCUT2D eigenvalue weighted by atomic mass is 10.2. The molecule has 0 atom stereocenters. The van der Waals surface area contributed by atoms with Crippen LogP contribution in [0.5, 0.6) is 0 Å². The summed E-state index contributed by atoms with van der Waals surface area (Å²) in [7, 11) is -3.67. The van der Waals surface area contributed by atoms with Gasteiger partial charge < -0.3 is 0 Å². The van der Waals surface area contributed by atoms with Crippen LogP contribution in [-0.4, -0.2) is 8.42 Å². The highest BCUT2D eigenvalue weighted by molar-refractivity contribution is 7.94. The van der Waals surface area contributed by atoms with Gasteiger partial charge in [-0.15, -0.1) is 11.3 Å². The van der Waals surface area contributed by atoms with Crippen LogP contribution in [0.1, 0.15) is 10.4 Å². The van der Waals surface area contributed by atoms with E-state index in [4.69, 9.17) is 16.9 Å². The summed E-state index contributed by atoms with van der Waals surface area (Å²) in [4.78, 5) is 0.900. The number of hydrogen-bond donors (Lipinski definition) is 1. The van der Waals surface area contributed by atoms with Crippen molar-refractivity contribution in [2.75, 3.05) is 4.72 Å². The molecule has 0 amide bonds. The Kier molecular flexibility index (Phi) is 3.80. The molecule has 0 radical (unpaired) electrons. The lowest BCUT2D eigenvalue weighted by Crippen LogP contribution is -2.11. The van der Waals surface area contributed by atoms with Crippen molar-refractivity contribution in [1.29, 1.82) is 5.26 Å². The minimum absolute atomic E-state index is 0.201. The molecule has 2 rings (SSSR count). The number of sulfonamides is 1. The molecule has 0 saturated heterocycles. The Balaban J connectivity index is 2.38. The van der Waals surface area contributed by atoms with E-state index in [2.05, 4.69) is 4.72 Å². The Hall–Kier alpha value is -1.55. The number of halogens is 1. The number of aryl methyl sites for hydroxylation is 1. The van der Waals surface area contributed by atoms with Crippen molar-refractivity contribution in [2.24, 2.45) is 0 Å². The fraction of sp³-hybridized carbons (Fsp3) is 0.0833. The van der Waals surface area contributed by atoms with Gasteiger partial charge >= 0.3 is 0 Å². The Bertz CT molecular complexity index is 760. The lowest BCUT2D eigenvalue weighted by Gasteiger charge is -2.08. The van der Waals surface area contributed by atoms with E-state index in [1.807, 2.05) is 13.0 Å². The summed E-state index contributed by atoms with van der Waals surface area (Å²) in [5.41, 5.74) is 0.538. The fourth-order valence-corrected chi connectivity index (χ4v) is 4.00. The molecule has 0 saturated carbocycles. The maximum atomic E-state index is 12.1. The van der Waals surface area contributed by atoms with Crippen molar-refractivity contribution in [1.82, 2.24) is 0 Å². The van der Waals surface area contributed by atoms with Crippen molar-refractivity contribution in [3.05, 3.63) is 45.8 Å². The van der Waals surface area contributed by atoms with Crippen molar-refractivity contribution in [3.63, 3.8) is 0 Å². The largest absolute Gasteiger partial charge is 0.277 e. The summed E-state index contributed by atoms with van der Waals surface area (Å²) in [5.74, 6) is 0. The molecule has 1 aromatic carbocycles. The molecule has 0 bridgehead atoms. The number of hydrogen-bond acceptors (Lipinski definition) is 4. The van der Waals surface area contributed by atoms with E-state index >= 15 is 0 Å². The van der Waals surface area contributed by atoms with Crippen LogP contribution in [0.3, 0.4) is 0 Å². The number of anilines is 1. The Morgan fingerprint density at radius 2 is 2.05 bits per heavy atom. The number of benzene rings is 1. The Morgan fingerprint density at radius 3 is 2.63 bits per heavy atom. The molecule has 4 nitrogen and oxygen atoms in total. The second-order valence-electron chi connectivity index (χ2n) is 3.78. The van der Waals surface area contributed by atoms with E-state index < -0.39 is 10.0 Å². The van der Waals surface area contributed by atoms with Gasteiger partial charge in [0.15, 0.2) is 0 Å². The van der Waals surface area contributed by atoms with Gasteiger partial charge in [0.25, 0.3) is 10.0 Å². The van der Waals surface area contributed by atoms with E-state index in [1.165, 1.54) is 35.6 Å². The number of nitriles is 1. The number of thiophene rings is 1. The van der Waals surface area contributed by atoms with Crippen molar-refractivity contribution in [3.8, 4) is 6.07 Å². The van der Waals surface area contributed by atoms with E-state index in [0.29, 0.717) is 5.56 Å². The van der Waals surface area contributed by atoms with Gasteiger partial charge in [-0.2, -0.15) is 5.26 Å². The Labute approximate surface area is 120 Å². The molecule has 1 aromatic heterocycles. The van der Waals surface area contributed by atoms with Crippen LogP contribution in [0.15, 0.2) is 34.5 Å². The van der Waals surface area contributed by atoms with Crippen LogP contribution in [0.25, 0.3) is 0 Å². The van der Waals surface area contributed by atoms with E-state index in [-0.39, 0.29) is 14.9 Å². The zero-order valence-corrected chi connectivity index (χ0v) is 12.2. The summed E-state index contributed by atoms with van der Waals surface area (Å²) in [6.45, 7) is 1.83. The van der Waals surface area contributed by atoms with Crippen LogP contribution in [0.4, 0.5) is 5.69 Å². The summed E-state index contributed by atoms with van der Waals surface area (Å²) >= 11 is 7.09. The number of nitrogens with zero attached hydrogens (tertiary/aromatic N) is 1. The maximum Gasteiger partial charge on any atom is 0.271 e. The molecule has 0 aliphatic carbocycles. The van der Waals surface area contributed by atoms with Gasteiger partial charge in [0.1, 0.15) is 4.21 Å². The van der Waals surface area contributed by atoms with Crippen LogP contribution in [0, 0.1) is 18.3 Å². The summed E-state index contributed by atoms with van der Waals surface area (Å²) < 4.78 is 26.9. The second-order valence-corrected chi connectivity index (χ2v) is 7.38. The highest BCUT2D eigenvalue weighted by Gasteiger charge is 2.17. The fourth-order valence-electron chi connectivity index (χ4n) is 1.42. The predicted octanol–water partition coefficient (Wildman–Crippen LogP) is 3.38.